The molecule has 0 radical (unpaired) electrons. The lowest BCUT2D eigenvalue weighted by molar-refractivity contribution is -0.137. The molecule has 0 unspecified atom stereocenters. The van der Waals surface area contributed by atoms with Crippen LogP contribution in [0.25, 0.3) is 0 Å². The average molecular weight is 552 g/mol. The van der Waals surface area contributed by atoms with E-state index in [1.54, 1.807) is 19.2 Å². The van der Waals surface area contributed by atoms with Gasteiger partial charge in [0.1, 0.15) is 23.2 Å². The van der Waals surface area contributed by atoms with Crippen molar-refractivity contribution in [2.24, 2.45) is 0 Å². The quantitative estimate of drug-likeness (QED) is 0.161. The van der Waals surface area contributed by atoms with Crippen molar-refractivity contribution in [3.8, 4) is 11.5 Å². The van der Waals surface area contributed by atoms with Gasteiger partial charge in [-0.05, 0) is 55.8 Å². The zero-order chi connectivity index (χ0) is 27.7. The molecule has 0 aromatic heterocycles. The molecular weight excluding hydrogens is 523 g/mol. The molecule has 0 saturated carbocycles. The van der Waals surface area contributed by atoms with Gasteiger partial charge in [0.25, 0.3) is 0 Å². The van der Waals surface area contributed by atoms with Crippen LogP contribution in [0.15, 0.2) is 65.5 Å². The number of anilines is 1. The molecule has 0 spiro atoms. The molecule has 1 amide bonds. The second-order valence-electron chi connectivity index (χ2n) is 8.11. The molecule has 38 heavy (non-hydrogen) atoms. The minimum Gasteiger partial charge on any atom is -0.456 e. The molecule has 0 saturated heterocycles. The number of carbonyl (C=O) groups is 1. The zero-order valence-electron chi connectivity index (χ0n) is 20.9. The van der Waals surface area contributed by atoms with Gasteiger partial charge in [0, 0.05) is 38.0 Å². The molecule has 1 aliphatic rings. The van der Waals surface area contributed by atoms with Gasteiger partial charge in [-0.1, -0.05) is 17.7 Å². The fraction of sp³-hybridized carbons (Fsp3) is 0.308. The van der Waals surface area contributed by atoms with Gasteiger partial charge in [0.2, 0.25) is 5.91 Å². The summed E-state index contributed by atoms with van der Waals surface area (Å²) in [5.74, 6) is 0.454. The number of carbonyl (C=O) groups excluding carboxylic acids is 1. The molecule has 5 N–H and O–H groups in total. The average Bonchev–Trinajstić information content (AvgIpc) is 3.11. The van der Waals surface area contributed by atoms with E-state index < -0.39 is 11.7 Å². The van der Waals surface area contributed by atoms with Gasteiger partial charge in [-0.15, -0.1) is 0 Å². The summed E-state index contributed by atoms with van der Waals surface area (Å²) in [5.41, 5.74) is 0.544. The van der Waals surface area contributed by atoms with Crippen LogP contribution in [0.1, 0.15) is 18.9 Å². The van der Waals surface area contributed by atoms with Crippen molar-refractivity contribution >= 4 is 29.0 Å². The summed E-state index contributed by atoms with van der Waals surface area (Å²) in [6.45, 7) is 3.71. The monoisotopic (exact) mass is 551 g/mol. The number of amides is 1. The molecule has 0 fully saturated rings. The van der Waals surface area contributed by atoms with E-state index in [1.165, 1.54) is 24.3 Å². The Morgan fingerprint density at radius 3 is 2.68 bits per heavy atom. The Hall–Kier alpha value is -3.70. The normalized spacial score (nSPS) is 13.7. The Labute approximate surface area is 223 Å². The Morgan fingerprint density at radius 2 is 2.00 bits per heavy atom. The molecule has 0 atom stereocenters. The number of rotatable bonds is 10. The minimum atomic E-state index is -4.50. The molecule has 12 heteroatoms. The number of hydrogen-bond acceptors (Lipinski definition) is 6. The summed E-state index contributed by atoms with van der Waals surface area (Å²) in [6, 6.07) is 9.05. The lowest BCUT2D eigenvalue weighted by atomic mass is 10.1. The maximum Gasteiger partial charge on any atom is 0.416 e. The van der Waals surface area contributed by atoms with Crippen molar-refractivity contribution < 1.29 is 27.4 Å². The van der Waals surface area contributed by atoms with Crippen molar-refractivity contribution in [2.45, 2.75) is 19.5 Å². The van der Waals surface area contributed by atoms with Gasteiger partial charge < -0.3 is 30.7 Å². The second kappa shape index (κ2) is 13.2. The molecule has 2 aromatic carbocycles. The van der Waals surface area contributed by atoms with Crippen molar-refractivity contribution in [2.75, 3.05) is 38.7 Å². The van der Waals surface area contributed by atoms with Crippen LogP contribution in [0.4, 0.5) is 18.9 Å². The lowest BCUT2D eigenvalue weighted by Crippen LogP contribution is -2.29. The molecule has 3 rings (SSSR count). The van der Waals surface area contributed by atoms with Crippen LogP contribution < -0.4 is 26.0 Å². The number of hydrogen-bond donors (Lipinski definition) is 5. The van der Waals surface area contributed by atoms with Gasteiger partial charge in [0.15, 0.2) is 0 Å². The molecule has 0 bridgehead atoms. The van der Waals surface area contributed by atoms with Crippen LogP contribution >= 0.6 is 11.6 Å². The fourth-order valence-electron chi connectivity index (χ4n) is 3.57. The largest absolute Gasteiger partial charge is 0.456 e. The number of ether oxygens (including phenoxy) is 2. The molecule has 2 aromatic rings. The smallest absolute Gasteiger partial charge is 0.416 e. The van der Waals surface area contributed by atoms with E-state index in [0.717, 1.165) is 12.1 Å². The number of halogens is 4. The van der Waals surface area contributed by atoms with Gasteiger partial charge >= 0.3 is 6.18 Å². The minimum absolute atomic E-state index is 0.00835. The van der Waals surface area contributed by atoms with E-state index in [0.29, 0.717) is 55.4 Å². The summed E-state index contributed by atoms with van der Waals surface area (Å²) < 4.78 is 49.8. The van der Waals surface area contributed by atoms with Gasteiger partial charge in [-0.3, -0.25) is 10.2 Å². The predicted octanol–water partition coefficient (Wildman–Crippen LogP) is 5.04. The van der Waals surface area contributed by atoms with Crippen molar-refractivity contribution in [1.29, 1.82) is 5.41 Å². The Bertz CT molecular complexity index is 1230. The van der Waals surface area contributed by atoms with Crippen molar-refractivity contribution in [3.05, 3.63) is 76.1 Å². The summed E-state index contributed by atoms with van der Waals surface area (Å²) in [4.78, 5) is 12.7. The maximum atomic E-state index is 13.0. The van der Waals surface area contributed by atoms with Crippen LogP contribution in [0.3, 0.4) is 0 Å². The molecule has 0 aliphatic carbocycles. The SMILES string of the molecule is CCOCCNC(=O)C1=CC(C(=N)Nc2ccc(Oc3cccc(C(F)(F)F)c3)c(Cl)c2)=C(NC)NCC1. The number of benzene rings is 2. The van der Waals surface area contributed by atoms with Crippen LogP contribution in [-0.2, 0) is 15.7 Å². The third-order valence-electron chi connectivity index (χ3n) is 5.42. The molecule has 204 valence electrons. The third kappa shape index (κ3) is 7.90. The van der Waals surface area contributed by atoms with Crippen LogP contribution in [-0.4, -0.2) is 45.1 Å². The van der Waals surface area contributed by atoms with E-state index in [1.807, 2.05) is 6.92 Å². The predicted molar refractivity (Wildman–Crippen MR) is 141 cm³/mol. The van der Waals surface area contributed by atoms with E-state index >= 15 is 0 Å². The third-order valence-corrected chi connectivity index (χ3v) is 5.72. The molecule has 8 nitrogen and oxygen atoms in total. The first kappa shape index (κ1) is 28.9. The fourth-order valence-corrected chi connectivity index (χ4v) is 3.78. The maximum absolute atomic E-state index is 13.0. The van der Waals surface area contributed by atoms with E-state index in [9.17, 15) is 18.0 Å². The molecular formula is C26H29ClF3N5O3. The Morgan fingerprint density at radius 1 is 1.21 bits per heavy atom. The van der Waals surface area contributed by atoms with Crippen LogP contribution in [0.2, 0.25) is 5.02 Å². The highest BCUT2D eigenvalue weighted by molar-refractivity contribution is 6.32. The summed E-state index contributed by atoms with van der Waals surface area (Å²) in [6.07, 6.45) is -2.40. The first-order valence-electron chi connectivity index (χ1n) is 11.9. The van der Waals surface area contributed by atoms with Crippen LogP contribution in [0.5, 0.6) is 11.5 Å². The lowest BCUT2D eigenvalue weighted by Gasteiger charge is -2.16. The standard InChI is InChI=1S/C26H29ClF3N5O3/c1-3-37-12-11-34-25(36)16-9-10-33-24(32-2)20(13-16)23(31)35-18-7-8-22(21(27)15-18)38-19-6-4-5-17(14-19)26(28,29)30/h4-8,13-15,32-33H,3,9-12H2,1-2H3,(H2,31,35)(H,34,36). The number of amidine groups is 1. The van der Waals surface area contributed by atoms with Crippen molar-refractivity contribution in [3.63, 3.8) is 0 Å². The first-order valence-corrected chi connectivity index (χ1v) is 12.2. The summed E-state index contributed by atoms with van der Waals surface area (Å²) >= 11 is 6.33. The highest BCUT2D eigenvalue weighted by Gasteiger charge is 2.30. The Kier molecular flexibility index (Phi) is 10.0. The first-order chi connectivity index (χ1) is 18.1. The second-order valence-corrected chi connectivity index (χ2v) is 8.52. The molecule has 1 heterocycles. The summed E-state index contributed by atoms with van der Waals surface area (Å²) in [7, 11) is 1.70. The highest BCUT2D eigenvalue weighted by Crippen LogP contribution is 2.35. The Balaban J connectivity index is 1.74. The topological polar surface area (TPSA) is 108 Å². The summed E-state index contributed by atoms with van der Waals surface area (Å²) in [5, 5.41) is 20.7. The van der Waals surface area contributed by atoms with Gasteiger partial charge in [-0.25, -0.2) is 0 Å². The number of nitrogens with one attached hydrogen (secondary N) is 5. The van der Waals surface area contributed by atoms with Crippen LogP contribution in [0, 0.1) is 5.41 Å². The van der Waals surface area contributed by atoms with E-state index in [-0.39, 0.29) is 28.3 Å². The van der Waals surface area contributed by atoms with Crippen molar-refractivity contribution in [1.82, 2.24) is 16.0 Å². The van der Waals surface area contributed by atoms with E-state index in [4.69, 9.17) is 26.5 Å². The highest BCUT2D eigenvalue weighted by atomic mass is 35.5. The zero-order valence-corrected chi connectivity index (χ0v) is 21.6. The number of alkyl halides is 3. The van der Waals surface area contributed by atoms with Gasteiger partial charge in [-0.2, -0.15) is 13.2 Å². The molecule has 1 aliphatic heterocycles. The van der Waals surface area contributed by atoms with Gasteiger partial charge in [0.05, 0.1) is 22.8 Å². The van der Waals surface area contributed by atoms with E-state index in [2.05, 4.69) is 21.3 Å².